The number of fused-ring (bicyclic) bond motifs is 1. The van der Waals surface area contributed by atoms with Crippen molar-refractivity contribution >= 4 is 17.5 Å². The van der Waals surface area contributed by atoms with E-state index in [9.17, 15) is 28.0 Å². The van der Waals surface area contributed by atoms with Crippen molar-refractivity contribution in [1.29, 1.82) is 5.26 Å². The normalized spacial score (nSPS) is 20.0. The maximum Gasteiger partial charge on any atom is 0.418 e. The summed E-state index contributed by atoms with van der Waals surface area (Å²) in [7, 11) is 1.80. The van der Waals surface area contributed by atoms with E-state index < -0.39 is 40.1 Å². The topological polar surface area (TPSA) is 64.4 Å². The lowest BCUT2D eigenvalue weighted by Gasteiger charge is -2.29. The van der Waals surface area contributed by atoms with Crippen LogP contribution in [0.3, 0.4) is 0 Å². The number of nitrogens with zero attached hydrogens (tertiary/aromatic N) is 3. The predicted molar refractivity (Wildman–Crippen MR) is 125 cm³/mol. The summed E-state index contributed by atoms with van der Waals surface area (Å²) in [6.07, 6.45) is -2.53. The molecule has 2 aromatic carbocycles. The first-order chi connectivity index (χ1) is 16.5. The highest BCUT2D eigenvalue weighted by molar-refractivity contribution is 6.18. The summed E-state index contributed by atoms with van der Waals surface area (Å²) in [5.41, 5.74) is -0.767. The molecule has 0 atom stereocenters. The fraction of sp³-hybridized carbons (Fsp3) is 0.222. The van der Waals surface area contributed by atoms with Gasteiger partial charge in [-0.25, -0.2) is 0 Å². The molecule has 35 heavy (non-hydrogen) atoms. The average Bonchev–Trinajstić information content (AvgIpc) is 3.01. The lowest BCUT2D eigenvalue weighted by atomic mass is 9.83. The highest BCUT2D eigenvalue weighted by atomic mass is 19.4. The molecule has 4 rings (SSSR count). The van der Waals surface area contributed by atoms with Crippen LogP contribution in [0, 0.1) is 11.3 Å². The molecule has 2 aliphatic heterocycles. The summed E-state index contributed by atoms with van der Waals surface area (Å²) in [5.74, 6) is -2.36. The number of hydrogen-bond acceptors (Lipinski definition) is 4. The Morgan fingerprint density at radius 3 is 2.20 bits per heavy atom. The van der Waals surface area contributed by atoms with Gasteiger partial charge in [0.1, 0.15) is 11.6 Å². The number of carbonyl (C=O) groups is 2. The van der Waals surface area contributed by atoms with E-state index in [1.54, 1.807) is 37.4 Å². The Hall–Kier alpha value is -4.12. The van der Waals surface area contributed by atoms with Crippen LogP contribution in [0.4, 0.5) is 18.9 Å². The third-order valence-corrected chi connectivity index (χ3v) is 6.38. The average molecular weight is 477 g/mol. The molecule has 0 unspecified atom stereocenters. The van der Waals surface area contributed by atoms with E-state index in [4.69, 9.17) is 0 Å². The number of imide groups is 1. The molecule has 8 heteroatoms. The Bertz CT molecular complexity index is 1350. The molecule has 0 saturated heterocycles. The van der Waals surface area contributed by atoms with Crippen LogP contribution in [0.1, 0.15) is 25.0 Å². The Morgan fingerprint density at radius 1 is 0.971 bits per heavy atom. The third-order valence-electron chi connectivity index (χ3n) is 6.38. The van der Waals surface area contributed by atoms with Gasteiger partial charge in [-0.15, -0.1) is 0 Å². The van der Waals surface area contributed by atoms with Crippen LogP contribution >= 0.6 is 0 Å². The van der Waals surface area contributed by atoms with Crippen molar-refractivity contribution in [3.05, 3.63) is 100 Å². The van der Waals surface area contributed by atoms with Gasteiger partial charge in [0.2, 0.25) is 0 Å². The van der Waals surface area contributed by atoms with Gasteiger partial charge in [-0.1, -0.05) is 62.4 Å². The zero-order chi connectivity index (χ0) is 25.5. The van der Waals surface area contributed by atoms with Gasteiger partial charge in [-0.3, -0.25) is 14.5 Å². The minimum Gasteiger partial charge on any atom is -0.347 e. The highest BCUT2D eigenvalue weighted by Crippen LogP contribution is 2.47. The summed E-state index contributed by atoms with van der Waals surface area (Å²) >= 11 is 0. The fourth-order valence-corrected chi connectivity index (χ4v) is 4.65. The van der Waals surface area contributed by atoms with E-state index in [2.05, 4.69) is 0 Å². The Balaban J connectivity index is 1.87. The Kier molecular flexibility index (Phi) is 5.89. The van der Waals surface area contributed by atoms with Crippen LogP contribution in [0.2, 0.25) is 0 Å². The van der Waals surface area contributed by atoms with E-state index in [1.807, 2.05) is 43.0 Å². The predicted octanol–water partition coefficient (Wildman–Crippen LogP) is 5.18. The van der Waals surface area contributed by atoms with Gasteiger partial charge < -0.3 is 4.90 Å². The molecule has 0 saturated carbocycles. The zero-order valence-electron chi connectivity index (χ0n) is 19.3. The van der Waals surface area contributed by atoms with Crippen LogP contribution < -0.4 is 4.90 Å². The van der Waals surface area contributed by atoms with Crippen molar-refractivity contribution in [2.75, 3.05) is 11.9 Å². The van der Waals surface area contributed by atoms with Crippen molar-refractivity contribution in [2.24, 2.45) is 0 Å². The molecule has 0 fully saturated rings. The number of hydrogen-bond donors (Lipinski definition) is 0. The molecular formula is C27H22F3N3O2. The molecule has 2 heterocycles. The minimum absolute atomic E-state index is 0.250. The van der Waals surface area contributed by atoms with E-state index in [0.29, 0.717) is 16.2 Å². The Morgan fingerprint density at radius 2 is 1.60 bits per heavy atom. The molecular weight excluding hydrogens is 455 g/mol. The molecule has 0 aromatic heterocycles. The van der Waals surface area contributed by atoms with Crippen molar-refractivity contribution < 1.29 is 22.8 Å². The van der Waals surface area contributed by atoms with Crippen LogP contribution in [0.25, 0.3) is 0 Å². The van der Waals surface area contributed by atoms with E-state index in [1.165, 1.54) is 12.1 Å². The summed E-state index contributed by atoms with van der Waals surface area (Å²) < 4.78 is 42.2. The Labute approximate surface area is 201 Å². The molecule has 0 N–H and O–H groups in total. The van der Waals surface area contributed by atoms with Gasteiger partial charge in [0, 0.05) is 23.8 Å². The summed E-state index contributed by atoms with van der Waals surface area (Å²) in [6, 6.07) is 17.4. The lowest BCUT2D eigenvalue weighted by Crippen LogP contribution is -2.44. The zero-order valence-corrected chi connectivity index (χ0v) is 19.3. The standard InChI is InChI=1S/C27H22F3N3O2/c1-26(2)20-11-7-8-12-21(20)32(3)22(26)14-13-18-23(27(28,29)30)19(15-31)25(35)33(24(18)34)16-17-9-5-4-6-10-17/h4-14H,16H2,1-3H3/b18-13-,22-14?. The fourth-order valence-electron chi connectivity index (χ4n) is 4.65. The van der Waals surface area contributed by atoms with Crippen molar-refractivity contribution in [2.45, 2.75) is 32.0 Å². The van der Waals surface area contributed by atoms with Gasteiger partial charge in [-0.2, -0.15) is 18.4 Å². The second kappa shape index (κ2) is 8.58. The second-order valence-corrected chi connectivity index (χ2v) is 8.88. The molecule has 0 spiro atoms. The van der Waals surface area contributed by atoms with Crippen molar-refractivity contribution in [1.82, 2.24) is 4.90 Å². The molecule has 0 aliphatic carbocycles. The van der Waals surface area contributed by atoms with E-state index >= 15 is 0 Å². The van der Waals surface area contributed by atoms with E-state index in [0.717, 1.165) is 17.3 Å². The van der Waals surface area contributed by atoms with Crippen LogP contribution in [-0.4, -0.2) is 29.9 Å². The summed E-state index contributed by atoms with van der Waals surface area (Å²) in [6.45, 7) is 3.63. The molecule has 0 radical (unpaired) electrons. The second-order valence-electron chi connectivity index (χ2n) is 8.88. The smallest absolute Gasteiger partial charge is 0.347 e. The highest BCUT2D eigenvalue weighted by Gasteiger charge is 2.48. The van der Waals surface area contributed by atoms with E-state index in [-0.39, 0.29) is 6.54 Å². The van der Waals surface area contributed by atoms with Gasteiger partial charge in [-0.05, 0) is 29.3 Å². The number of likely N-dealkylation sites (N-methyl/N-ethyl adjacent to an activating group) is 1. The third kappa shape index (κ3) is 4.03. The number of carbonyl (C=O) groups excluding carboxylic acids is 2. The maximum atomic E-state index is 14.1. The van der Waals surface area contributed by atoms with Crippen LogP contribution in [0.15, 0.2) is 89.2 Å². The van der Waals surface area contributed by atoms with Crippen molar-refractivity contribution in [3.8, 4) is 6.07 Å². The number of halogens is 3. The van der Waals surface area contributed by atoms with Gasteiger partial charge >= 0.3 is 6.18 Å². The van der Waals surface area contributed by atoms with Crippen LogP contribution in [-0.2, 0) is 21.5 Å². The van der Waals surface area contributed by atoms with Gasteiger partial charge in [0.05, 0.1) is 17.7 Å². The first kappa shape index (κ1) is 24.0. The van der Waals surface area contributed by atoms with Crippen LogP contribution in [0.5, 0.6) is 0 Å². The molecule has 2 aliphatic rings. The molecule has 178 valence electrons. The number of nitriles is 1. The lowest BCUT2D eigenvalue weighted by molar-refractivity contribution is -0.144. The van der Waals surface area contributed by atoms with Gasteiger partial charge in [0.25, 0.3) is 11.8 Å². The maximum absolute atomic E-state index is 14.1. The molecule has 0 bridgehead atoms. The SMILES string of the molecule is CN1C(=C/C=C2\C(=O)N(Cc3ccccc3)C(=O)C(C#N)=C2C(F)(F)F)C(C)(C)c2ccccc21. The first-order valence-electron chi connectivity index (χ1n) is 10.9. The number of anilines is 1. The summed E-state index contributed by atoms with van der Waals surface area (Å²) in [4.78, 5) is 28.6. The van der Waals surface area contributed by atoms with Gasteiger partial charge in [0.15, 0.2) is 0 Å². The molecule has 5 nitrogen and oxygen atoms in total. The minimum atomic E-state index is -5.07. The number of amides is 2. The molecule has 2 aromatic rings. The number of para-hydroxylation sites is 1. The first-order valence-corrected chi connectivity index (χ1v) is 10.9. The largest absolute Gasteiger partial charge is 0.418 e. The molecule has 2 amide bonds. The number of alkyl halides is 3. The quantitative estimate of drug-likeness (QED) is 0.452. The number of rotatable bonds is 3. The number of benzene rings is 2. The van der Waals surface area contributed by atoms with Crippen molar-refractivity contribution in [3.63, 3.8) is 0 Å². The summed E-state index contributed by atoms with van der Waals surface area (Å²) in [5, 5.41) is 9.49. The number of allylic oxidation sites excluding steroid dienone is 3. The monoisotopic (exact) mass is 477 g/mol.